The molecule has 3 N–H and O–H groups in total. The summed E-state index contributed by atoms with van der Waals surface area (Å²) in [6, 6.07) is 2.10. The molecule has 1 heterocycles. The summed E-state index contributed by atoms with van der Waals surface area (Å²) in [6.07, 6.45) is 6.03. The topological polar surface area (TPSA) is 75.3 Å². The van der Waals surface area contributed by atoms with Gasteiger partial charge in [-0.05, 0) is 28.8 Å². The molecule has 0 unspecified atom stereocenters. The summed E-state index contributed by atoms with van der Waals surface area (Å²) in [5.74, 6) is 1.06. The van der Waals surface area contributed by atoms with Gasteiger partial charge in [0.05, 0.1) is 6.61 Å². The Hall–Kier alpha value is -0.880. The van der Waals surface area contributed by atoms with Gasteiger partial charge < -0.3 is 15.7 Å². The summed E-state index contributed by atoms with van der Waals surface area (Å²) in [5, 5.41) is 9.23. The SMILES string of the molecule is Nc1cc(Br)nc(N(CCO)C2CCCCC2)n1. The highest BCUT2D eigenvalue weighted by Crippen LogP contribution is 2.26. The number of nitrogens with two attached hydrogens (primary N) is 1. The van der Waals surface area contributed by atoms with Gasteiger partial charge in [-0.25, -0.2) is 4.98 Å². The number of aromatic nitrogens is 2. The van der Waals surface area contributed by atoms with E-state index < -0.39 is 0 Å². The Morgan fingerprint density at radius 3 is 2.67 bits per heavy atom. The largest absolute Gasteiger partial charge is 0.395 e. The molecule has 2 rings (SSSR count). The first kappa shape index (κ1) is 13.5. The van der Waals surface area contributed by atoms with Crippen LogP contribution in [0.4, 0.5) is 11.8 Å². The normalized spacial score (nSPS) is 16.8. The second kappa shape index (κ2) is 6.33. The highest BCUT2D eigenvalue weighted by Gasteiger charge is 2.23. The highest BCUT2D eigenvalue weighted by molar-refractivity contribution is 9.10. The number of rotatable bonds is 4. The Morgan fingerprint density at radius 2 is 2.06 bits per heavy atom. The zero-order valence-corrected chi connectivity index (χ0v) is 11.9. The van der Waals surface area contributed by atoms with Crippen LogP contribution >= 0.6 is 15.9 Å². The van der Waals surface area contributed by atoms with Gasteiger partial charge in [0.1, 0.15) is 10.4 Å². The number of aliphatic hydroxyl groups is 1. The van der Waals surface area contributed by atoms with Crippen molar-refractivity contribution in [1.82, 2.24) is 9.97 Å². The van der Waals surface area contributed by atoms with Crippen molar-refractivity contribution in [3.8, 4) is 0 Å². The molecule has 0 bridgehead atoms. The quantitative estimate of drug-likeness (QED) is 0.831. The third-order valence-corrected chi connectivity index (χ3v) is 3.72. The van der Waals surface area contributed by atoms with Crippen molar-refractivity contribution in [2.75, 3.05) is 23.8 Å². The molecule has 0 aliphatic heterocycles. The Morgan fingerprint density at radius 1 is 1.33 bits per heavy atom. The van der Waals surface area contributed by atoms with Gasteiger partial charge in [0.2, 0.25) is 5.95 Å². The van der Waals surface area contributed by atoms with Crippen LogP contribution in [0.5, 0.6) is 0 Å². The molecule has 6 heteroatoms. The maximum absolute atomic E-state index is 9.23. The third-order valence-electron chi connectivity index (χ3n) is 3.32. The molecule has 0 amide bonds. The van der Waals surface area contributed by atoms with Gasteiger partial charge in [-0.3, -0.25) is 0 Å². The third kappa shape index (κ3) is 3.32. The van der Waals surface area contributed by atoms with E-state index in [4.69, 9.17) is 5.73 Å². The minimum Gasteiger partial charge on any atom is -0.395 e. The number of hydrogen-bond donors (Lipinski definition) is 2. The molecule has 0 radical (unpaired) electrons. The molecule has 1 aromatic rings. The molecular weight excluding hydrogens is 296 g/mol. The number of aliphatic hydroxyl groups excluding tert-OH is 1. The van der Waals surface area contributed by atoms with Gasteiger partial charge in [-0.2, -0.15) is 4.98 Å². The average molecular weight is 315 g/mol. The van der Waals surface area contributed by atoms with Crippen molar-refractivity contribution in [1.29, 1.82) is 0 Å². The van der Waals surface area contributed by atoms with Crippen molar-refractivity contribution < 1.29 is 5.11 Å². The second-order valence-electron chi connectivity index (χ2n) is 4.62. The Kier molecular flexibility index (Phi) is 4.77. The van der Waals surface area contributed by atoms with E-state index in [1.807, 2.05) is 0 Å². The summed E-state index contributed by atoms with van der Waals surface area (Å²) < 4.78 is 0.684. The molecule has 5 nitrogen and oxygen atoms in total. The fourth-order valence-electron chi connectivity index (χ4n) is 2.50. The molecule has 0 aromatic carbocycles. The first-order valence-electron chi connectivity index (χ1n) is 6.38. The molecule has 1 aliphatic carbocycles. The van der Waals surface area contributed by atoms with Crippen LogP contribution in [0.3, 0.4) is 0 Å². The molecule has 0 atom stereocenters. The van der Waals surface area contributed by atoms with Gasteiger partial charge in [0.25, 0.3) is 0 Å². The number of nitrogen functional groups attached to an aromatic ring is 1. The van der Waals surface area contributed by atoms with Gasteiger partial charge in [0.15, 0.2) is 0 Å². The van der Waals surface area contributed by atoms with E-state index in [1.54, 1.807) is 6.07 Å². The fourth-order valence-corrected chi connectivity index (χ4v) is 2.89. The van der Waals surface area contributed by atoms with Crippen LogP contribution in [0.25, 0.3) is 0 Å². The molecule has 1 saturated carbocycles. The van der Waals surface area contributed by atoms with E-state index >= 15 is 0 Å². The van der Waals surface area contributed by atoms with Gasteiger partial charge >= 0.3 is 0 Å². The molecule has 1 fully saturated rings. The molecule has 1 aliphatic rings. The average Bonchev–Trinajstić information content (AvgIpc) is 2.36. The van der Waals surface area contributed by atoms with Crippen LogP contribution in [0.1, 0.15) is 32.1 Å². The zero-order valence-electron chi connectivity index (χ0n) is 10.3. The minimum absolute atomic E-state index is 0.103. The van der Waals surface area contributed by atoms with E-state index in [0.717, 1.165) is 12.8 Å². The maximum Gasteiger partial charge on any atom is 0.228 e. The van der Waals surface area contributed by atoms with Crippen molar-refractivity contribution in [3.63, 3.8) is 0 Å². The summed E-state index contributed by atoms with van der Waals surface area (Å²) in [6.45, 7) is 0.660. The molecule has 0 saturated heterocycles. The van der Waals surface area contributed by atoms with Crippen LogP contribution < -0.4 is 10.6 Å². The lowest BCUT2D eigenvalue weighted by molar-refractivity contribution is 0.288. The number of nitrogens with zero attached hydrogens (tertiary/aromatic N) is 3. The van der Waals surface area contributed by atoms with Crippen molar-refractivity contribution in [2.24, 2.45) is 0 Å². The van der Waals surface area contributed by atoms with Crippen molar-refractivity contribution in [3.05, 3.63) is 10.7 Å². The smallest absolute Gasteiger partial charge is 0.228 e. The second-order valence-corrected chi connectivity index (χ2v) is 5.44. The monoisotopic (exact) mass is 314 g/mol. The van der Waals surface area contributed by atoms with Gasteiger partial charge in [-0.15, -0.1) is 0 Å². The maximum atomic E-state index is 9.23. The Bertz CT molecular complexity index is 375. The highest BCUT2D eigenvalue weighted by atomic mass is 79.9. The van der Waals surface area contributed by atoms with Crippen molar-refractivity contribution >= 4 is 27.7 Å². The minimum atomic E-state index is 0.103. The number of halogens is 1. The molecule has 18 heavy (non-hydrogen) atoms. The Labute approximate surface area is 116 Å². The summed E-state index contributed by atoms with van der Waals surface area (Å²) in [7, 11) is 0. The van der Waals surface area contributed by atoms with E-state index in [9.17, 15) is 5.11 Å². The molecular formula is C12H19BrN4O. The predicted octanol–water partition coefficient (Wildman–Crippen LogP) is 1.95. The molecule has 1 aromatic heterocycles. The number of hydrogen-bond acceptors (Lipinski definition) is 5. The first-order chi connectivity index (χ1) is 8.70. The summed E-state index contributed by atoms with van der Waals surface area (Å²) in [4.78, 5) is 10.7. The van der Waals surface area contributed by atoms with Crippen LogP contribution in [-0.4, -0.2) is 34.3 Å². The van der Waals surface area contributed by atoms with Crippen LogP contribution in [0.15, 0.2) is 10.7 Å². The van der Waals surface area contributed by atoms with E-state index in [-0.39, 0.29) is 6.61 Å². The molecule has 100 valence electrons. The van der Waals surface area contributed by atoms with E-state index in [2.05, 4.69) is 30.8 Å². The van der Waals surface area contributed by atoms with Crippen LogP contribution in [0.2, 0.25) is 0 Å². The van der Waals surface area contributed by atoms with Crippen molar-refractivity contribution in [2.45, 2.75) is 38.1 Å². The number of anilines is 2. The lowest BCUT2D eigenvalue weighted by Crippen LogP contribution is -2.40. The van der Waals surface area contributed by atoms with E-state index in [0.29, 0.717) is 29.0 Å². The summed E-state index contributed by atoms with van der Waals surface area (Å²) in [5.41, 5.74) is 5.75. The standard InChI is InChI=1S/C12H19BrN4O/c13-10-8-11(14)16-12(15-10)17(6-7-18)9-4-2-1-3-5-9/h8-9,18H,1-7H2,(H2,14,15,16). The van der Waals surface area contributed by atoms with Gasteiger partial charge in [-0.1, -0.05) is 19.3 Å². The zero-order chi connectivity index (χ0) is 13.0. The first-order valence-corrected chi connectivity index (χ1v) is 7.17. The lowest BCUT2D eigenvalue weighted by atomic mass is 9.94. The van der Waals surface area contributed by atoms with Gasteiger partial charge in [0, 0.05) is 18.7 Å². The summed E-state index contributed by atoms with van der Waals surface area (Å²) >= 11 is 3.34. The Balaban J connectivity index is 2.22. The fraction of sp³-hybridized carbons (Fsp3) is 0.667. The van der Waals surface area contributed by atoms with E-state index in [1.165, 1.54) is 19.3 Å². The lowest BCUT2D eigenvalue weighted by Gasteiger charge is -2.34. The molecule has 0 spiro atoms. The van der Waals surface area contributed by atoms with Crippen LogP contribution in [0, 0.1) is 0 Å². The predicted molar refractivity (Wildman–Crippen MR) is 75.4 cm³/mol. The van der Waals surface area contributed by atoms with Crippen LogP contribution in [-0.2, 0) is 0 Å².